The van der Waals surface area contributed by atoms with Crippen molar-refractivity contribution in [1.29, 1.82) is 0 Å². The average molecular weight is 392 g/mol. The summed E-state index contributed by atoms with van der Waals surface area (Å²) < 4.78 is 3.48. The minimum absolute atomic E-state index is 0.0614. The van der Waals surface area contributed by atoms with Crippen LogP contribution in [0.15, 0.2) is 30.6 Å². The quantitative estimate of drug-likeness (QED) is 0.724. The molecule has 26 heavy (non-hydrogen) atoms. The number of benzene rings is 1. The lowest BCUT2D eigenvalue weighted by Gasteiger charge is -2.07. The van der Waals surface area contributed by atoms with Crippen molar-refractivity contribution in [3.8, 4) is 5.69 Å². The van der Waals surface area contributed by atoms with Gasteiger partial charge in [0.2, 0.25) is 5.91 Å². The Morgan fingerprint density at radius 2 is 2.00 bits per heavy atom. The summed E-state index contributed by atoms with van der Waals surface area (Å²) in [6.07, 6.45) is 3.87. The summed E-state index contributed by atoms with van der Waals surface area (Å²) in [5.41, 5.74) is 4.38. The maximum absolute atomic E-state index is 12.3. The van der Waals surface area contributed by atoms with Gasteiger partial charge in [0.15, 0.2) is 0 Å². The van der Waals surface area contributed by atoms with Crippen LogP contribution in [0.5, 0.6) is 0 Å². The summed E-state index contributed by atoms with van der Waals surface area (Å²) in [4.78, 5) is 12.3. The van der Waals surface area contributed by atoms with Gasteiger partial charge in [-0.15, -0.1) is 0 Å². The third-order valence-corrected chi connectivity index (χ3v) is 4.91. The second kappa shape index (κ2) is 7.51. The van der Waals surface area contributed by atoms with Crippen LogP contribution < -0.4 is 5.32 Å². The Kier molecular flexibility index (Phi) is 5.34. The molecule has 0 fully saturated rings. The van der Waals surface area contributed by atoms with E-state index in [1.165, 1.54) is 0 Å². The molecule has 0 aliphatic carbocycles. The van der Waals surface area contributed by atoms with Gasteiger partial charge in [0.1, 0.15) is 0 Å². The normalized spacial score (nSPS) is 11.0. The van der Waals surface area contributed by atoms with Crippen molar-refractivity contribution < 1.29 is 4.79 Å². The fraction of sp³-hybridized carbons (Fsp3) is 0.278. The summed E-state index contributed by atoms with van der Waals surface area (Å²) in [7, 11) is 1.84. The second-order valence-corrected chi connectivity index (χ2v) is 6.95. The summed E-state index contributed by atoms with van der Waals surface area (Å²) in [5, 5.41) is 12.5. The first-order valence-corrected chi connectivity index (χ1v) is 8.85. The van der Waals surface area contributed by atoms with Crippen molar-refractivity contribution in [2.45, 2.75) is 26.8 Å². The van der Waals surface area contributed by atoms with Crippen molar-refractivity contribution >= 4 is 29.1 Å². The smallest absolute Gasteiger partial charge is 0.224 e. The number of hydrogen-bond donors (Lipinski definition) is 1. The number of nitrogens with zero attached hydrogens (tertiary/aromatic N) is 4. The van der Waals surface area contributed by atoms with Crippen LogP contribution in [-0.4, -0.2) is 25.5 Å². The highest BCUT2D eigenvalue weighted by atomic mass is 35.5. The Morgan fingerprint density at radius 1 is 1.23 bits per heavy atom. The molecule has 0 aliphatic rings. The van der Waals surface area contributed by atoms with Crippen molar-refractivity contribution in [3.63, 3.8) is 0 Å². The van der Waals surface area contributed by atoms with Gasteiger partial charge in [-0.05, 0) is 32.0 Å². The summed E-state index contributed by atoms with van der Waals surface area (Å²) in [6.45, 7) is 4.28. The standard InChI is InChI=1S/C18H19Cl2N5O/c1-11-15(7-18(26)21-8-13-9-22-24(3)10-13)12(2)25(23-11)14-4-5-16(19)17(20)6-14/h4-6,9-10H,7-8H2,1-3H3,(H,21,26). The van der Waals surface area contributed by atoms with E-state index >= 15 is 0 Å². The monoisotopic (exact) mass is 391 g/mol. The molecule has 0 aliphatic heterocycles. The predicted octanol–water partition coefficient (Wildman–Crippen LogP) is 3.39. The van der Waals surface area contributed by atoms with E-state index in [1.807, 2.05) is 33.2 Å². The molecule has 3 rings (SSSR count). The molecular formula is C18H19Cl2N5O. The van der Waals surface area contributed by atoms with Crippen molar-refractivity contribution in [2.75, 3.05) is 0 Å². The van der Waals surface area contributed by atoms with Crippen LogP contribution in [0.2, 0.25) is 10.0 Å². The second-order valence-electron chi connectivity index (χ2n) is 6.14. The summed E-state index contributed by atoms with van der Waals surface area (Å²) in [6, 6.07) is 5.34. The molecule has 8 heteroatoms. The highest BCUT2D eigenvalue weighted by Gasteiger charge is 2.16. The van der Waals surface area contributed by atoms with Gasteiger partial charge in [-0.1, -0.05) is 23.2 Å². The minimum atomic E-state index is -0.0614. The molecule has 0 bridgehead atoms. The number of hydrogen-bond acceptors (Lipinski definition) is 3. The fourth-order valence-corrected chi connectivity index (χ4v) is 3.08. The maximum atomic E-state index is 12.3. The highest BCUT2D eigenvalue weighted by molar-refractivity contribution is 6.42. The Labute approximate surface area is 161 Å². The van der Waals surface area contributed by atoms with E-state index in [2.05, 4.69) is 15.5 Å². The molecule has 136 valence electrons. The average Bonchev–Trinajstić information content (AvgIpc) is 3.13. The van der Waals surface area contributed by atoms with E-state index in [0.717, 1.165) is 28.2 Å². The first kappa shape index (κ1) is 18.5. The van der Waals surface area contributed by atoms with Gasteiger partial charge in [-0.2, -0.15) is 10.2 Å². The first-order chi connectivity index (χ1) is 12.3. The van der Waals surface area contributed by atoms with E-state index in [1.54, 1.807) is 27.7 Å². The number of aryl methyl sites for hydroxylation is 2. The lowest BCUT2D eigenvalue weighted by molar-refractivity contribution is -0.120. The fourth-order valence-electron chi connectivity index (χ4n) is 2.79. The maximum Gasteiger partial charge on any atom is 0.224 e. The van der Waals surface area contributed by atoms with Gasteiger partial charge < -0.3 is 5.32 Å². The SMILES string of the molecule is Cc1nn(-c2ccc(Cl)c(Cl)c2)c(C)c1CC(=O)NCc1cnn(C)c1. The lowest BCUT2D eigenvalue weighted by Crippen LogP contribution is -2.24. The van der Waals surface area contributed by atoms with E-state index in [-0.39, 0.29) is 12.3 Å². The van der Waals surface area contributed by atoms with Gasteiger partial charge >= 0.3 is 0 Å². The highest BCUT2D eigenvalue weighted by Crippen LogP contribution is 2.26. The largest absolute Gasteiger partial charge is 0.352 e. The number of nitrogens with one attached hydrogen (secondary N) is 1. The van der Waals surface area contributed by atoms with Crippen LogP contribution in [-0.2, 0) is 24.8 Å². The van der Waals surface area contributed by atoms with Crippen LogP contribution in [0.1, 0.15) is 22.5 Å². The van der Waals surface area contributed by atoms with E-state index < -0.39 is 0 Å². The predicted molar refractivity (Wildman–Crippen MR) is 102 cm³/mol. The molecule has 0 atom stereocenters. The molecule has 0 unspecified atom stereocenters. The summed E-state index contributed by atoms with van der Waals surface area (Å²) >= 11 is 12.1. The van der Waals surface area contributed by atoms with E-state index in [0.29, 0.717) is 16.6 Å². The van der Waals surface area contributed by atoms with Gasteiger partial charge in [0.25, 0.3) is 0 Å². The molecule has 0 radical (unpaired) electrons. The molecule has 2 aromatic heterocycles. The van der Waals surface area contributed by atoms with Crippen molar-refractivity contribution in [3.05, 3.63) is 63.2 Å². The number of rotatable bonds is 5. The van der Waals surface area contributed by atoms with Crippen molar-refractivity contribution in [1.82, 2.24) is 24.9 Å². The molecule has 1 aromatic carbocycles. The number of carbonyl (C=O) groups excluding carboxylic acids is 1. The number of amides is 1. The van der Waals surface area contributed by atoms with E-state index in [4.69, 9.17) is 23.2 Å². The number of aromatic nitrogens is 4. The molecule has 0 spiro atoms. The Hall–Kier alpha value is -2.31. The van der Waals surface area contributed by atoms with Crippen LogP contribution in [0, 0.1) is 13.8 Å². The van der Waals surface area contributed by atoms with Gasteiger partial charge in [-0.3, -0.25) is 9.48 Å². The molecule has 1 N–H and O–H groups in total. The molecular weight excluding hydrogens is 373 g/mol. The Balaban J connectivity index is 1.75. The molecule has 0 saturated carbocycles. The zero-order valence-corrected chi connectivity index (χ0v) is 16.3. The summed E-state index contributed by atoms with van der Waals surface area (Å²) in [5.74, 6) is -0.0614. The third kappa shape index (κ3) is 3.92. The van der Waals surface area contributed by atoms with Gasteiger partial charge in [0.05, 0.1) is 34.0 Å². The third-order valence-electron chi connectivity index (χ3n) is 4.17. The van der Waals surface area contributed by atoms with Crippen molar-refractivity contribution in [2.24, 2.45) is 7.05 Å². The molecule has 1 amide bonds. The van der Waals surface area contributed by atoms with Crippen LogP contribution in [0.4, 0.5) is 0 Å². The zero-order chi connectivity index (χ0) is 18.8. The number of halogens is 2. The van der Waals surface area contributed by atoms with Gasteiger partial charge in [-0.25, -0.2) is 4.68 Å². The topological polar surface area (TPSA) is 64.7 Å². The lowest BCUT2D eigenvalue weighted by atomic mass is 10.1. The number of carbonyl (C=O) groups is 1. The molecule has 0 saturated heterocycles. The minimum Gasteiger partial charge on any atom is -0.352 e. The Morgan fingerprint density at radius 3 is 2.65 bits per heavy atom. The van der Waals surface area contributed by atoms with Crippen LogP contribution in [0.25, 0.3) is 5.69 Å². The van der Waals surface area contributed by atoms with Crippen LogP contribution >= 0.6 is 23.2 Å². The molecule has 3 aromatic rings. The Bertz CT molecular complexity index is 961. The molecule has 2 heterocycles. The van der Waals surface area contributed by atoms with Crippen LogP contribution in [0.3, 0.4) is 0 Å². The van der Waals surface area contributed by atoms with Gasteiger partial charge in [0, 0.05) is 36.6 Å². The molecule has 6 nitrogen and oxygen atoms in total. The first-order valence-electron chi connectivity index (χ1n) is 8.10. The van der Waals surface area contributed by atoms with E-state index in [9.17, 15) is 4.79 Å². The zero-order valence-electron chi connectivity index (χ0n) is 14.8.